The summed E-state index contributed by atoms with van der Waals surface area (Å²) in [6.07, 6.45) is 2.42. The first kappa shape index (κ1) is 28.5. The van der Waals surface area contributed by atoms with Gasteiger partial charge >= 0.3 is 0 Å². The Labute approximate surface area is 198 Å². The van der Waals surface area contributed by atoms with E-state index in [-0.39, 0.29) is 33.2 Å². The molecule has 0 unspecified atom stereocenters. The molecule has 0 spiro atoms. The molecule has 0 radical (unpaired) electrons. The second-order valence-corrected chi connectivity index (χ2v) is 6.76. The first-order valence-corrected chi connectivity index (χ1v) is 9.55. The Morgan fingerprint density at radius 3 is 1.16 bits per heavy atom. The van der Waals surface area contributed by atoms with Gasteiger partial charge in [0.15, 0.2) is 0 Å². The number of benzene rings is 2. The van der Waals surface area contributed by atoms with Crippen LogP contribution in [0.1, 0.15) is 27.7 Å². The van der Waals surface area contributed by atoms with Crippen molar-refractivity contribution in [2.45, 2.75) is 39.9 Å². The molecule has 164 valence electrons. The summed E-state index contributed by atoms with van der Waals surface area (Å²) in [7, 11) is 0. The summed E-state index contributed by atoms with van der Waals surface area (Å²) in [4.78, 5) is 7.94. The molecule has 0 aliphatic rings. The van der Waals surface area contributed by atoms with E-state index < -0.39 is 12.2 Å². The van der Waals surface area contributed by atoms with Crippen LogP contribution in [0, 0.1) is 0 Å². The molecule has 0 aliphatic heterocycles. The van der Waals surface area contributed by atoms with E-state index in [9.17, 15) is 20.4 Å². The van der Waals surface area contributed by atoms with Crippen LogP contribution in [-0.4, -0.2) is 22.2 Å². The van der Waals surface area contributed by atoms with Crippen LogP contribution < -0.4 is 20.4 Å². The molecule has 4 aromatic rings. The normalized spacial score (nSPS) is 9.55. The number of para-hydroxylation sites is 2. The van der Waals surface area contributed by atoms with E-state index in [1.165, 1.54) is 12.1 Å². The van der Waals surface area contributed by atoms with E-state index in [2.05, 4.69) is 9.97 Å². The number of hydrogen-bond acceptors (Lipinski definition) is 6. The van der Waals surface area contributed by atoms with E-state index in [1.807, 2.05) is 36.4 Å². The Hall–Kier alpha value is -2.51. The first-order valence-electron chi connectivity index (χ1n) is 9.55. The van der Waals surface area contributed by atoms with Crippen molar-refractivity contribution in [1.82, 2.24) is 9.97 Å². The number of pyridine rings is 2. The molecule has 0 saturated carbocycles. The molecule has 0 fully saturated rings. The van der Waals surface area contributed by atoms with Gasteiger partial charge in [-0.2, -0.15) is 0 Å². The predicted octanol–water partition coefficient (Wildman–Crippen LogP) is 2.12. The van der Waals surface area contributed by atoms with Crippen LogP contribution in [-0.2, 0) is 21.7 Å². The minimum absolute atomic E-state index is 0. The molecule has 0 bridgehead atoms. The molecule has 0 atom stereocenters. The molecule has 7 heteroatoms. The Morgan fingerprint density at radius 2 is 0.871 bits per heavy atom. The topological polar surface area (TPSA) is 118 Å². The zero-order valence-electron chi connectivity index (χ0n) is 18.1. The van der Waals surface area contributed by atoms with Crippen LogP contribution >= 0.6 is 0 Å². The summed E-state index contributed by atoms with van der Waals surface area (Å²) in [5.41, 5.74) is 1.10. The van der Waals surface area contributed by atoms with Gasteiger partial charge in [-0.15, -0.1) is 12.2 Å². The second kappa shape index (κ2) is 15.3. The van der Waals surface area contributed by atoms with Gasteiger partial charge in [-0.05, 0) is 22.9 Å². The van der Waals surface area contributed by atoms with Gasteiger partial charge in [0.25, 0.3) is 0 Å². The molecule has 31 heavy (non-hydrogen) atoms. The second-order valence-electron chi connectivity index (χ2n) is 6.76. The molecular formula is C24H26N2O4Ti-4. The van der Waals surface area contributed by atoms with Gasteiger partial charge in [-0.3, -0.25) is 9.97 Å². The predicted molar refractivity (Wildman–Crippen MR) is 113 cm³/mol. The van der Waals surface area contributed by atoms with Crippen LogP contribution in [0.3, 0.4) is 0 Å². The van der Waals surface area contributed by atoms with Crippen molar-refractivity contribution in [2.24, 2.45) is 0 Å². The molecule has 0 saturated heterocycles. The van der Waals surface area contributed by atoms with Crippen molar-refractivity contribution >= 4 is 21.8 Å². The number of hydrogen-bond donors (Lipinski definition) is 0. The molecule has 2 aromatic heterocycles. The number of rotatable bonds is 0. The van der Waals surface area contributed by atoms with Crippen LogP contribution in [0.2, 0.25) is 0 Å². The number of nitrogens with zero attached hydrogens (tertiary/aromatic N) is 2. The van der Waals surface area contributed by atoms with Gasteiger partial charge < -0.3 is 20.4 Å². The quantitative estimate of drug-likeness (QED) is 0.376. The third-order valence-electron chi connectivity index (χ3n) is 3.19. The monoisotopic (exact) mass is 454 g/mol. The van der Waals surface area contributed by atoms with Crippen LogP contribution in [0.4, 0.5) is 0 Å². The average Bonchev–Trinajstić information content (AvgIpc) is 2.69. The fraction of sp³-hybridized carbons (Fsp3) is 0.250. The number of aromatic nitrogens is 2. The van der Waals surface area contributed by atoms with Crippen LogP contribution in [0.5, 0.6) is 11.5 Å². The molecule has 6 nitrogen and oxygen atoms in total. The van der Waals surface area contributed by atoms with Gasteiger partial charge in [0.05, 0.1) is 11.0 Å². The zero-order valence-corrected chi connectivity index (χ0v) is 19.7. The van der Waals surface area contributed by atoms with E-state index in [0.29, 0.717) is 11.0 Å². The standard InChI is InChI=1S/2C9H7NO.2C3H7O.Ti/c2*11-8-5-1-3-7-4-2-6-10-9(7)8;2*1-3(2)4;/h2*1-6,11H;2*3H,1-2H3;/q;;2*-1;/p-2. The molecule has 2 aromatic carbocycles. The average molecular weight is 454 g/mol. The molecule has 0 amide bonds. The Bertz CT molecular complexity index is 927. The Kier molecular flexibility index (Phi) is 14.1. The van der Waals surface area contributed by atoms with Gasteiger partial charge in [-0.25, -0.2) is 0 Å². The molecule has 0 aliphatic carbocycles. The Balaban J connectivity index is 0.000000427. The van der Waals surface area contributed by atoms with Crippen molar-refractivity contribution in [2.75, 3.05) is 0 Å². The SMILES string of the molecule is CC(C)[O-].CC(C)[O-].[O-]c1cccc2cccnc12.[O-]c1cccc2cccnc12.[Ti]. The summed E-state index contributed by atoms with van der Waals surface area (Å²) in [6.45, 7) is 6.44. The molecule has 0 N–H and O–H groups in total. The largest absolute Gasteiger partial charge is 0.871 e. The summed E-state index contributed by atoms with van der Waals surface area (Å²) in [5, 5.41) is 43.1. The molecule has 2 heterocycles. The van der Waals surface area contributed by atoms with Crippen molar-refractivity contribution < 1.29 is 42.1 Å². The van der Waals surface area contributed by atoms with Crippen LogP contribution in [0.25, 0.3) is 21.8 Å². The third-order valence-corrected chi connectivity index (χ3v) is 3.19. The summed E-state index contributed by atoms with van der Waals surface area (Å²) in [6, 6.07) is 17.7. The Morgan fingerprint density at radius 1 is 0.581 bits per heavy atom. The maximum Gasteiger partial charge on any atom is 0.0623 e. The number of fused-ring (bicyclic) bond motifs is 2. The minimum atomic E-state index is -0.417. The van der Waals surface area contributed by atoms with Gasteiger partial charge in [-0.1, -0.05) is 87.7 Å². The summed E-state index contributed by atoms with van der Waals surface area (Å²) >= 11 is 0. The molecular weight excluding hydrogens is 428 g/mol. The summed E-state index contributed by atoms with van der Waals surface area (Å²) in [5.74, 6) is -0.0220. The first-order chi connectivity index (χ1) is 14.2. The smallest absolute Gasteiger partial charge is 0.0623 e. The summed E-state index contributed by atoms with van der Waals surface area (Å²) < 4.78 is 0. The van der Waals surface area contributed by atoms with E-state index in [0.717, 1.165) is 10.8 Å². The van der Waals surface area contributed by atoms with Crippen molar-refractivity contribution in [3.05, 3.63) is 73.1 Å². The molecule has 4 rings (SSSR count). The van der Waals surface area contributed by atoms with E-state index >= 15 is 0 Å². The maximum atomic E-state index is 11.1. The fourth-order valence-electron chi connectivity index (χ4n) is 2.15. The van der Waals surface area contributed by atoms with Gasteiger partial charge in [0, 0.05) is 34.1 Å². The maximum absolute atomic E-state index is 11.1. The third kappa shape index (κ3) is 11.5. The van der Waals surface area contributed by atoms with Crippen molar-refractivity contribution in [1.29, 1.82) is 0 Å². The zero-order chi connectivity index (χ0) is 22.5. The van der Waals surface area contributed by atoms with Gasteiger partial charge in [0.1, 0.15) is 0 Å². The minimum Gasteiger partial charge on any atom is -0.871 e. The van der Waals surface area contributed by atoms with E-state index in [1.54, 1.807) is 52.2 Å². The van der Waals surface area contributed by atoms with Crippen molar-refractivity contribution in [3.63, 3.8) is 0 Å². The van der Waals surface area contributed by atoms with E-state index in [4.69, 9.17) is 0 Å². The van der Waals surface area contributed by atoms with Gasteiger partial charge in [0.2, 0.25) is 0 Å². The van der Waals surface area contributed by atoms with Crippen LogP contribution in [0.15, 0.2) is 73.1 Å². The van der Waals surface area contributed by atoms with Crippen molar-refractivity contribution in [3.8, 4) is 11.5 Å². The fourth-order valence-corrected chi connectivity index (χ4v) is 2.15.